The first-order valence-corrected chi connectivity index (χ1v) is 20.9. The van der Waals surface area contributed by atoms with Gasteiger partial charge in [-0.25, -0.2) is 8.42 Å². The minimum Gasteiger partial charge on any atom is -0.748 e. The Bertz CT molecular complexity index is 1160. The van der Waals surface area contributed by atoms with Gasteiger partial charge in [0.25, 0.3) is 0 Å². The molecule has 44 heavy (non-hydrogen) atoms. The zero-order valence-electron chi connectivity index (χ0n) is 26.9. The van der Waals surface area contributed by atoms with Crippen molar-refractivity contribution >= 4 is 23.6 Å². The van der Waals surface area contributed by atoms with Crippen LogP contribution in [0.25, 0.3) is 5.57 Å². The molecule has 0 aromatic heterocycles. The molecule has 0 aliphatic heterocycles. The Labute approximate surface area is 283 Å². The van der Waals surface area contributed by atoms with Gasteiger partial charge in [0.1, 0.15) is 0 Å². The summed E-state index contributed by atoms with van der Waals surface area (Å²) in [5.41, 5.74) is 8.26. The molecule has 4 nitrogen and oxygen atoms in total. The van der Waals surface area contributed by atoms with Crippen LogP contribution < -0.4 is 5.73 Å². The molecule has 2 N–H and O–H groups in total. The van der Waals surface area contributed by atoms with Crippen LogP contribution in [0.2, 0.25) is 0 Å². The van der Waals surface area contributed by atoms with Crippen molar-refractivity contribution in [3.8, 4) is 0 Å². The van der Waals surface area contributed by atoms with E-state index in [1.54, 1.807) is 89.6 Å². The quantitative estimate of drug-likeness (QED) is 0.138. The molecular formula is C37H55NO3PPdS+. The molecule has 0 spiro atoms. The van der Waals surface area contributed by atoms with Crippen molar-refractivity contribution in [2.75, 3.05) is 12.4 Å². The zero-order valence-corrected chi connectivity index (χ0v) is 30.3. The van der Waals surface area contributed by atoms with Crippen LogP contribution in [0.4, 0.5) is 0 Å². The Morgan fingerprint density at radius 3 is 1.61 bits per heavy atom. The Kier molecular flexibility index (Phi) is 11.4. The summed E-state index contributed by atoms with van der Waals surface area (Å²) in [7, 11) is -4.11. The molecule has 1 aromatic carbocycles. The van der Waals surface area contributed by atoms with Crippen LogP contribution >= 0.6 is 7.92 Å². The van der Waals surface area contributed by atoms with Crippen molar-refractivity contribution in [1.82, 2.24) is 0 Å². The second-order valence-corrected chi connectivity index (χ2v) is 20.8. The Balaban J connectivity index is 0.000000171. The van der Waals surface area contributed by atoms with Gasteiger partial charge in [-0.1, -0.05) is 31.5 Å². The standard InChI is InChI=1S/C24H39P.C12H12N.CH4O3S.Pd/c1-2-3-4-25(23-11-17-5-18(12-23)7-19(6-17)13-23)24-14-20-8-21(15-24)10-22(9-20)16-24;13-12-9-5-4-8-11(12)10-6-2-1-3-7-10;1-5(2,3)4;/h17-22H,2-16H2,1H3;1-8H,9,13H2;1H3,(H,2,3,4);/q;-1;;+2. The second kappa shape index (κ2) is 14.3. The van der Waals surface area contributed by atoms with Gasteiger partial charge in [0, 0.05) is 14.2 Å². The van der Waals surface area contributed by atoms with Crippen molar-refractivity contribution in [3.05, 3.63) is 60.2 Å². The summed E-state index contributed by atoms with van der Waals surface area (Å²) >= 11 is 0. The normalized spacial score (nSPS) is 38.1. The number of hydrogen-bond acceptors (Lipinski definition) is 4. The largest absolute Gasteiger partial charge is 2.00 e. The van der Waals surface area contributed by atoms with E-state index in [9.17, 15) is 0 Å². The molecule has 8 saturated carbocycles. The van der Waals surface area contributed by atoms with E-state index >= 15 is 0 Å². The maximum atomic E-state index is 9.08. The molecule has 246 valence electrons. The van der Waals surface area contributed by atoms with E-state index < -0.39 is 10.1 Å². The number of benzene rings is 1. The summed E-state index contributed by atoms with van der Waals surface area (Å²) in [4.78, 5) is 0. The first-order chi connectivity index (χ1) is 20.5. The maximum absolute atomic E-state index is 9.08. The number of unbranched alkanes of at least 4 members (excludes halogenated alkanes) is 1. The summed E-state index contributed by atoms with van der Waals surface area (Å²) in [6.07, 6.45) is 32.5. The molecule has 10 rings (SSSR count). The molecule has 8 bridgehead atoms. The van der Waals surface area contributed by atoms with Gasteiger partial charge in [-0.15, -0.1) is 35.9 Å². The van der Waals surface area contributed by atoms with E-state index in [0.29, 0.717) is 6.26 Å². The fourth-order valence-corrected chi connectivity index (χ4v) is 18.0. The van der Waals surface area contributed by atoms with E-state index in [0.717, 1.165) is 28.3 Å². The molecular weight excluding hydrogens is 676 g/mol. The van der Waals surface area contributed by atoms with Crippen molar-refractivity contribution < 1.29 is 33.4 Å². The molecule has 0 heterocycles. The molecule has 0 radical (unpaired) electrons. The molecule has 7 heteroatoms. The van der Waals surface area contributed by atoms with Crippen LogP contribution in [0.15, 0.2) is 48.6 Å². The van der Waals surface area contributed by atoms with Crippen LogP contribution in [0.1, 0.15) is 109 Å². The van der Waals surface area contributed by atoms with Crippen molar-refractivity contribution in [2.45, 2.75) is 114 Å². The van der Waals surface area contributed by atoms with Crippen molar-refractivity contribution in [1.29, 1.82) is 0 Å². The Hall–Kier alpha value is -0.468. The molecule has 8 fully saturated rings. The minimum absolute atomic E-state index is 0. The van der Waals surface area contributed by atoms with Crippen LogP contribution in [-0.2, 0) is 30.5 Å². The van der Waals surface area contributed by atoms with Crippen LogP contribution in [-0.4, -0.2) is 35.7 Å². The van der Waals surface area contributed by atoms with Gasteiger partial charge in [0.15, 0.2) is 0 Å². The minimum atomic E-state index is -3.92. The third-order valence-corrected chi connectivity index (χ3v) is 16.9. The first-order valence-electron chi connectivity index (χ1n) is 17.4. The number of nitrogens with two attached hydrogens (primary N) is 1. The SMILES string of the molecule is CCCC[PH+](C12CC3CC(CC(C3)C1)C2)C12CC3CC(CC(C3)C1)C2.CS(=O)(=O)[O-].N[C-]1CC=CC=C1c1ccccc1.[Pd+2]. The van der Waals surface area contributed by atoms with Crippen LogP contribution in [0.5, 0.6) is 0 Å². The van der Waals surface area contributed by atoms with Gasteiger partial charge in [0.2, 0.25) is 0 Å². The summed E-state index contributed by atoms with van der Waals surface area (Å²) in [5, 5.41) is 1.83. The van der Waals surface area contributed by atoms with E-state index in [2.05, 4.69) is 37.3 Å². The number of rotatable bonds is 6. The summed E-state index contributed by atoms with van der Waals surface area (Å²) in [5.74, 6) is 7.01. The molecule has 1 aromatic rings. The predicted molar refractivity (Wildman–Crippen MR) is 181 cm³/mol. The number of allylic oxidation sites excluding steroid dienone is 2. The maximum Gasteiger partial charge on any atom is 2.00 e. The van der Waals surface area contributed by atoms with Gasteiger partial charge < -0.3 is 10.3 Å². The van der Waals surface area contributed by atoms with Gasteiger partial charge in [-0.05, 0) is 125 Å². The summed E-state index contributed by atoms with van der Waals surface area (Å²) < 4.78 is 27.2. The van der Waals surface area contributed by atoms with E-state index in [1.807, 2.05) is 18.2 Å². The van der Waals surface area contributed by atoms with Crippen LogP contribution in [0, 0.1) is 41.5 Å². The van der Waals surface area contributed by atoms with Gasteiger partial charge in [-0.3, -0.25) is 0 Å². The second-order valence-electron chi connectivity index (χ2n) is 15.8. The van der Waals surface area contributed by atoms with Crippen molar-refractivity contribution in [3.63, 3.8) is 0 Å². The predicted octanol–water partition coefficient (Wildman–Crippen LogP) is 8.62. The zero-order chi connectivity index (χ0) is 30.2. The number of hydrogen-bond donors (Lipinski definition) is 1. The molecule has 0 amide bonds. The van der Waals surface area contributed by atoms with E-state index in [4.69, 9.17) is 18.7 Å². The Morgan fingerprint density at radius 1 is 0.841 bits per heavy atom. The van der Waals surface area contributed by atoms with Gasteiger partial charge in [0.05, 0.1) is 26.6 Å². The average Bonchev–Trinajstić information content (AvgIpc) is 2.92. The molecule has 9 aliphatic rings. The Morgan fingerprint density at radius 2 is 1.25 bits per heavy atom. The molecule has 0 saturated heterocycles. The molecule has 0 atom stereocenters. The summed E-state index contributed by atoms with van der Waals surface area (Å²) in [6.45, 7) is 2.46. The topological polar surface area (TPSA) is 83.2 Å². The fraction of sp³-hybridized carbons (Fsp3) is 0.703. The first kappa shape index (κ1) is 34.9. The smallest absolute Gasteiger partial charge is 0.748 e. The molecule has 0 unspecified atom stereocenters. The molecule has 9 aliphatic carbocycles. The third kappa shape index (κ3) is 7.97. The third-order valence-electron chi connectivity index (χ3n) is 12.3. The van der Waals surface area contributed by atoms with Gasteiger partial charge >= 0.3 is 20.4 Å². The van der Waals surface area contributed by atoms with Crippen LogP contribution in [0.3, 0.4) is 0 Å². The monoisotopic (exact) mass is 730 g/mol. The fourth-order valence-electron chi connectivity index (χ4n) is 11.9. The van der Waals surface area contributed by atoms with E-state index in [1.165, 1.54) is 47.5 Å². The average molecular weight is 731 g/mol. The van der Waals surface area contributed by atoms with E-state index in [-0.39, 0.29) is 28.3 Å². The van der Waals surface area contributed by atoms with Crippen molar-refractivity contribution in [2.24, 2.45) is 41.2 Å². The van der Waals surface area contributed by atoms with Gasteiger partial charge in [-0.2, -0.15) is 11.6 Å². The summed E-state index contributed by atoms with van der Waals surface area (Å²) in [6, 6.07) is 11.2.